The van der Waals surface area contributed by atoms with Crippen LogP contribution in [0.4, 0.5) is 0 Å². The monoisotopic (exact) mass is 404 g/mol. The number of amides is 2. The average molecular weight is 405 g/mol. The summed E-state index contributed by atoms with van der Waals surface area (Å²) in [6, 6.07) is 15.1. The van der Waals surface area contributed by atoms with Gasteiger partial charge in [0, 0.05) is 36.1 Å². The van der Waals surface area contributed by atoms with Crippen LogP contribution >= 0.6 is 23.2 Å². The van der Waals surface area contributed by atoms with Crippen LogP contribution < -0.4 is 5.32 Å². The van der Waals surface area contributed by atoms with E-state index in [9.17, 15) is 9.59 Å². The first-order chi connectivity index (χ1) is 13.0. The van der Waals surface area contributed by atoms with Gasteiger partial charge in [-0.2, -0.15) is 0 Å². The molecule has 0 spiro atoms. The number of piperidine rings is 1. The Hall–Kier alpha value is -2.04. The van der Waals surface area contributed by atoms with Gasteiger partial charge in [-0.15, -0.1) is 0 Å². The minimum Gasteiger partial charge on any atom is -0.355 e. The van der Waals surface area contributed by atoms with Crippen LogP contribution in [0.5, 0.6) is 0 Å². The molecule has 1 N–H and O–H groups in total. The number of carbonyl (C=O) groups is 2. The molecule has 27 heavy (non-hydrogen) atoms. The van der Waals surface area contributed by atoms with Gasteiger partial charge in [-0.3, -0.25) is 9.59 Å². The second kappa shape index (κ2) is 9.25. The van der Waals surface area contributed by atoms with Crippen LogP contribution in [-0.4, -0.2) is 29.8 Å². The molecule has 2 amide bonds. The van der Waals surface area contributed by atoms with Crippen molar-refractivity contribution in [2.75, 3.05) is 13.1 Å². The maximum Gasteiger partial charge on any atom is 0.224 e. The van der Waals surface area contributed by atoms with Crippen LogP contribution in [0.1, 0.15) is 24.0 Å². The molecule has 0 bridgehead atoms. The highest BCUT2D eigenvalue weighted by Gasteiger charge is 2.30. The van der Waals surface area contributed by atoms with Gasteiger partial charge in [0.2, 0.25) is 11.8 Å². The largest absolute Gasteiger partial charge is 0.355 e. The van der Waals surface area contributed by atoms with E-state index < -0.39 is 0 Å². The van der Waals surface area contributed by atoms with E-state index in [1.165, 1.54) is 0 Å². The van der Waals surface area contributed by atoms with E-state index in [4.69, 9.17) is 23.2 Å². The zero-order valence-corrected chi connectivity index (χ0v) is 16.5. The van der Waals surface area contributed by atoms with Gasteiger partial charge < -0.3 is 10.2 Å². The number of carbonyl (C=O) groups excluding carboxylic acids is 2. The fraction of sp³-hybridized carbons (Fsp3) is 0.333. The molecule has 1 saturated heterocycles. The first-order valence-corrected chi connectivity index (χ1v) is 9.82. The third kappa shape index (κ3) is 5.47. The number of halogens is 2. The molecular weight excluding hydrogens is 383 g/mol. The lowest BCUT2D eigenvalue weighted by molar-refractivity contribution is -0.138. The van der Waals surface area contributed by atoms with Crippen LogP contribution in [0.15, 0.2) is 48.5 Å². The summed E-state index contributed by atoms with van der Waals surface area (Å²) in [6.45, 7) is 1.48. The second-order valence-electron chi connectivity index (χ2n) is 6.77. The molecule has 0 radical (unpaired) electrons. The number of likely N-dealkylation sites (tertiary alicyclic amines) is 1. The molecule has 1 fully saturated rings. The molecule has 6 heteroatoms. The quantitative estimate of drug-likeness (QED) is 0.787. The fourth-order valence-electron chi connectivity index (χ4n) is 3.26. The smallest absolute Gasteiger partial charge is 0.224 e. The molecular formula is C21H22Cl2N2O2. The summed E-state index contributed by atoms with van der Waals surface area (Å²) in [6.07, 6.45) is 1.68. The Kier molecular flexibility index (Phi) is 6.75. The number of hydrogen-bond donors (Lipinski definition) is 1. The Morgan fingerprint density at radius 3 is 2.59 bits per heavy atom. The van der Waals surface area contributed by atoms with Gasteiger partial charge in [0.15, 0.2) is 0 Å². The van der Waals surface area contributed by atoms with Crippen LogP contribution in [0.3, 0.4) is 0 Å². The van der Waals surface area contributed by atoms with Crippen molar-refractivity contribution in [2.45, 2.75) is 25.8 Å². The molecule has 3 rings (SSSR count). The van der Waals surface area contributed by atoms with Crippen molar-refractivity contribution in [1.82, 2.24) is 10.2 Å². The van der Waals surface area contributed by atoms with Crippen molar-refractivity contribution in [3.63, 3.8) is 0 Å². The molecule has 1 atom stereocenters. The molecule has 0 aliphatic carbocycles. The van der Waals surface area contributed by atoms with Crippen LogP contribution in [0, 0.1) is 5.92 Å². The molecule has 0 unspecified atom stereocenters. The maximum absolute atomic E-state index is 12.5. The molecule has 1 aliphatic rings. The predicted molar refractivity (Wildman–Crippen MR) is 108 cm³/mol. The van der Waals surface area contributed by atoms with Crippen molar-refractivity contribution in [2.24, 2.45) is 5.92 Å². The van der Waals surface area contributed by atoms with E-state index in [-0.39, 0.29) is 17.7 Å². The normalized spacial score (nSPS) is 17.0. The van der Waals surface area contributed by atoms with Crippen molar-refractivity contribution in [3.8, 4) is 0 Å². The first kappa shape index (κ1) is 19.7. The Balaban J connectivity index is 1.52. The lowest BCUT2D eigenvalue weighted by Gasteiger charge is -2.32. The SMILES string of the molecule is O=C(NCCc1ccccc1Cl)[C@H]1CCC(=O)N(Cc2ccc(Cl)cc2)C1. The van der Waals surface area contributed by atoms with E-state index in [2.05, 4.69) is 5.32 Å². The van der Waals surface area contributed by atoms with Crippen LogP contribution in [-0.2, 0) is 22.6 Å². The Bertz CT molecular complexity index is 808. The van der Waals surface area contributed by atoms with Gasteiger partial charge in [0.05, 0.1) is 5.92 Å². The minimum atomic E-state index is -0.179. The minimum absolute atomic E-state index is 0.00402. The maximum atomic E-state index is 12.5. The van der Waals surface area contributed by atoms with Gasteiger partial charge in [-0.1, -0.05) is 53.5 Å². The third-order valence-corrected chi connectivity index (χ3v) is 5.43. The highest BCUT2D eigenvalue weighted by molar-refractivity contribution is 6.31. The number of hydrogen-bond acceptors (Lipinski definition) is 2. The van der Waals surface area contributed by atoms with Crippen molar-refractivity contribution in [1.29, 1.82) is 0 Å². The van der Waals surface area contributed by atoms with Gasteiger partial charge in [0.25, 0.3) is 0 Å². The van der Waals surface area contributed by atoms with Crippen LogP contribution in [0.25, 0.3) is 0 Å². The molecule has 1 heterocycles. The summed E-state index contributed by atoms with van der Waals surface area (Å²) in [7, 11) is 0. The predicted octanol–water partition coefficient (Wildman–Crippen LogP) is 4.09. The molecule has 4 nitrogen and oxygen atoms in total. The molecule has 142 valence electrons. The lowest BCUT2D eigenvalue weighted by Crippen LogP contribution is -2.45. The van der Waals surface area contributed by atoms with Gasteiger partial charge in [-0.25, -0.2) is 0 Å². The summed E-state index contributed by atoms with van der Waals surface area (Å²) in [5.74, 6) is -0.0954. The van der Waals surface area contributed by atoms with E-state index >= 15 is 0 Å². The van der Waals surface area contributed by atoms with Crippen molar-refractivity contribution in [3.05, 3.63) is 69.7 Å². The zero-order valence-electron chi connectivity index (χ0n) is 15.0. The summed E-state index contributed by atoms with van der Waals surface area (Å²) in [5.41, 5.74) is 2.02. The second-order valence-corrected chi connectivity index (χ2v) is 7.61. The lowest BCUT2D eigenvalue weighted by atomic mass is 9.96. The molecule has 2 aromatic rings. The summed E-state index contributed by atoms with van der Waals surface area (Å²) < 4.78 is 0. The molecule has 2 aromatic carbocycles. The average Bonchev–Trinajstić information content (AvgIpc) is 2.66. The Morgan fingerprint density at radius 2 is 1.85 bits per heavy atom. The number of nitrogens with one attached hydrogen (secondary N) is 1. The third-order valence-electron chi connectivity index (χ3n) is 4.81. The standard InChI is InChI=1S/C21H22Cl2N2O2/c22-18-8-5-15(6-9-18)13-25-14-17(7-10-20(25)26)21(27)24-12-11-16-3-1-2-4-19(16)23/h1-6,8-9,17H,7,10-14H2,(H,24,27)/t17-/m0/s1. The first-order valence-electron chi connectivity index (χ1n) is 9.06. The van der Waals surface area contributed by atoms with Gasteiger partial charge >= 0.3 is 0 Å². The number of rotatable bonds is 6. The fourth-order valence-corrected chi connectivity index (χ4v) is 3.61. The van der Waals surface area contributed by atoms with E-state index in [0.717, 1.165) is 11.1 Å². The topological polar surface area (TPSA) is 49.4 Å². The van der Waals surface area contributed by atoms with Crippen molar-refractivity contribution >= 4 is 35.0 Å². The number of nitrogens with zero attached hydrogens (tertiary/aromatic N) is 1. The van der Waals surface area contributed by atoms with Gasteiger partial charge in [0.1, 0.15) is 0 Å². The Morgan fingerprint density at radius 1 is 1.11 bits per heavy atom. The highest BCUT2D eigenvalue weighted by Crippen LogP contribution is 2.21. The van der Waals surface area contributed by atoms with E-state index in [0.29, 0.717) is 48.9 Å². The van der Waals surface area contributed by atoms with E-state index in [1.54, 1.807) is 4.90 Å². The zero-order chi connectivity index (χ0) is 19.2. The van der Waals surface area contributed by atoms with Crippen LogP contribution in [0.2, 0.25) is 10.0 Å². The highest BCUT2D eigenvalue weighted by atomic mass is 35.5. The number of benzene rings is 2. The molecule has 0 aromatic heterocycles. The van der Waals surface area contributed by atoms with Gasteiger partial charge in [-0.05, 0) is 42.2 Å². The molecule has 0 saturated carbocycles. The van der Waals surface area contributed by atoms with Crippen molar-refractivity contribution < 1.29 is 9.59 Å². The Labute approximate surface area is 169 Å². The summed E-state index contributed by atoms with van der Waals surface area (Å²) in [5, 5.41) is 4.36. The summed E-state index contributed by atoms with van der Waals surface area (Å²) >= 11 is 12.1. The van der Waals surface area contributed by atoms with E-state index in [1.807, 2.05) is 48.5 Å². The molecule has 1 aliphatic heterocycles. The summed E-state index contributed by atoms with van der Waals surface area (Å²) in [4.78, 5) is 26.5.